The summed E-state index contributed by atoms with van der Waals surface area (Å²) in [5.74, 6) is 1.00. The van der Waals surface area contributed by atoms with E-state index in [9.17, 15) is 10.1 Å². The zero-order valence-electron chi connectivity index (χ0n) is 11.8. The molecule has 0 radical (unpaired) electrons. The maximum absolute atomic E-state index is 11.3. The molecule has 1 fully saturated rings. The molecule has 7 nitrogen and oxygen atoms in total. The summed E-state index contributed by atoms with van der Waals surface area (Å²) in [4.78, 5) is 15.3. The first-order valence-electron chi connectivity index (χ1n) is 7.36. The molecule has 0 bridgehead atoms. The molecule has 2 heterocycles. The number of nitrogens with zero attached hydrogens (tertiary/aromatic N) is 2. The number of hydrogen-bond donors (Lipinski definition) is 1. The molecule has 0 amide bonds. The fourth-order valence-electron chi connectivity index (χ4n) is 3.00. The number of fused-ring (bicyclic) bond motifs is 3. The predicted molar refractivity (Wildman–Crippen MR) is 83.1 cm³/mol. The van der Waals surface area contributed by atoms with Crippen molar-refractivity contribution in [2.75, 3.05) is 18.5 Å². The zero-order chi connectivity index (χ0) is 15.1. The van der Waals surface area contributed by atoms with Crippen LogP contribution in [0.4, 0.5) is 10.8 Å². The lowest BCUT2D eigenvalue weighted by Gasteiger charge is -2.18. The molecular weight excluding hydrogens is 306 g/mol. The number of thiazole rings is 1. The van der Waals surface area contributed by atoms with Crippen LogP contribution in [0.1, 0.15) is 25.7 Å². The molecule has 1 aliphatic heterocycles. The van der Waals surface area contributed by atoms with E-state index >= 15 is 0 Å². The van der Waals surface area contributed by atoms with Crippen molar-refractivity contribution in [2.24, 2.45) is 0 Å². The maximum atomic E-state index is 11.3. The fourth-order valence-corrected chi connectivity index (χ4v) is 4.06. The van der Waals surface area contributed by atoms with Crippen molar-refractivity contribution in [3.05, 3.63) is 16.2 Å². The number of nitrogens with one attached hydrogen (secondary N) is 1. The summed E-state index contributed by atoms with van der Waals surface area (Å²) in [5, 5.41) is 15.4. The van der Waals surface area contributed by atoms with Crippen LogP contribution >= 0.6 is 11.3 Å². The van der Waals surface area contributed by atoms with E-state index in [4.69, 9.17) is 9.47 Å². The van der Waals surface area contributed by atoms with Crippen molar-refractivity contribution in [1.29, 1.82) is 0 Å². The number of ether oxygens (including phenoxy) is 2. The van der Waals surface area contributed by atoms with Gasteiger partial charge in [-0.1, -0.05) is 24.2 Å². The van der Waals surface area contributed by atoms with Crippen molar-refractivity contribution in [3.63, 3.8) is 0 Å². The smallest absolute Gasteiger partial charge is 0.300 e. The van der Waals surface area contributed by atoms with Crippen LogP contribution in [0.2, 0.25) is 0 Å². The monoisotopic (exact) mass is 321 g/mol. The molecule has 1 aromatic heterocycles. The number of benzene rings is 1. The van der Waals surface area contributed by atoms with Crippen LogP contribution in [0.3, 0.4) is 0 Å². The Bertz CT molecular complexity index is 739. The highest BCUT2D eigenvalue weighted by atomic mass is 32.1. The molecule has 4 rings (SSSR count). The largest absolute Gasteiger partial charge is 0.486 e. The lowest BCUT2D eigenvalue weighted by atomic mass is 10.2. The second-order valence-electron chi connectivity index (χ2n) is 5.50. The summed E-state index contributed by atoms with van der Waals surface area (Å²) in [5.41, 5.74) is 0.342. The Labute approximate surface area is 130 Å². The van der Waals surface area contributed by atoms with Crippen LogP contribution in [-0.2, 0) is 0 Å². The van der Waals surface area contributed by atoms with E-state index in [1.165, 1.54) is 30.2 Å². The molecule has 1 saturated carbocycles. The van der Waals surface area contributed by atoms with Crippen molar-refractivity contribution < 1.29 is 14.4 Å². The van der Waals surface area contributed by atoms with Crippen molar-refractivity contribution >= 4 is 32.4 Å². The van der Waals surface area contributed by atoms with Crippen LogP contribution in [0.15, 0.2) is 6.07 Å². The first kappa shape index (κ1) is 13.6. The Morgan fingerprint density at radius 3 is 2.86 bits per heavy atom. The van der Waals surface area contributed by atoms with E-state index in [-0.39, 0.29) is 5.69 Å². The average Bonchev–Trinajstić information content (AvgIpc) is 3.16. The molecule has 116 valence electrons. The van der Waals surface area contributed by atoms with Gasteiger partial charge in [0, 0.05) is 6.04 Å². The Hall–Kier alpha value is -2.09. The van der Waals surface area contributed by atoms with Gasteiger partial charge in [-0.2, -0.15) is 0 Å². The minimum Gasteiger partial charge on any atom is -0.486 e. The van der Waals surface area contributed by atoms with E-state index in [0.717, 1.165) is 12.8 Å². The van der Waals surface area contributed by atoms with Crippen molar-refractivity contribution in [2.45, 2.75) is 31.7 Å². The highest BCUT2D eigenvalue weighted by Gasteiger charge is 2.27. The standard InChI is InChI=1S/C14H15N3O4S/c18-17(19)9-7-10-12(21-6-5-20-10)13-11(9)16-14(22-13)15-8-3-1-2-4-8/h7-8H,1-6H2,(H,15,16). The van der Waals surface area contributed by atoms with Crippen molar-refractivity contribution in [1.82, 2.24) is 4.98 Å². The van der Waals surface area contributed by atoms with Crippen LogP contribution < -0.4 is 14.8 Å². The van der Waals surface area contributed by atoms with E-state index in [1.807, 2.05) is 0 Å². The molecule has 1 N–H and O–H groups in total. The molecule has 1 aromatic carbocycles. The van der Waals surface area contributed by atoms with Gasteiger partial charge in [0.15, 0.2) is 22.1 Å². The van der Waals surface area contributed by atoms with Gasteiger partial charge >= 0.3 is 0 Å². The first-order chi connectivity index (χ1) is 10.7. The number of aromatic nitrogens is 1. The van der Waals surface area contributed by atoms with Gasteiger partial charge in [0.2, 0.25) is 0 Å². The number of nitro benzene ring substituents is 1. The maximum Gasteiger partial charge on any atom is 0.300 e. The van der Waals surface area contributed by atoms with Crippen LogP contribution in [0.25, 0.3) is 10.2 Å². The van der Waals surface area contributed by atoms with Crippen LogP contribution in [-0.4, -0.2) is 29.2 Å². The van der Waals surface area contributed by atoms with Gasteiger partial charge in [0.1, 0.15) is 17.9 Å². The molecule has 2 aliphatic rings. The molecular formula is C14H15N3O4S. The second kappa shape index (κ2) is 5.28. The summed E-state index contributed by atoms with van der Waals surface area (Å²) >= 11 is 1.40. The van der Waals surface area contributed by atoms with Gasteiger partial charge < -0.3 is 14.8 Å². The van der Waals surface area contributed by atoms with E-state index in [1.54, 1.807) is 0 Å². The summed E-state index contributed by atoms with van der Waals surface area (Å²) in [6, 6.07) is 1.82. The van der Waals surface area contributed by atoms with E-state index in [0.29, 0.717) is 46.1 Å². The Balaban J connectivity index is 1.81. The Morgan fingerprint density at radius 1 is 1.32 bits per heavy atom. The number of anilines is 1. The fraction of sp³-hybridized carbons (Fsp3) is 0.500. The van der Waals surface area contributed by atoms with Gasteiger partial charge in [0.25, 0.3) is 5.69 Å². The third-order valence-electron chi connectivity index (χ3n) is 4.03. The number of hydrogen-bond acceptors (Lipinski definition) is 7. The lowest BCUT2D eigenvalue weighted by Crippen LogP contribution is -2.15. The molecule has 0 atom stereocenters. The van der Waals surface area contributed by atoms with E-state index < -0.39 is 4.92 Å². The Morgan fingerprint density at radius 2 is 2.09 bits per heavy atom. The summed E-state index contributed by atoms with van der Waals surface area (Å²) in [7, 11) is 0. The highest BCUT2D eigenvalue weighted by Crippen LogP contribution is 2.46. The summed E-state index contributed by atoms with van der Waals surface area (Å²) in [6.45, 7) is 0.852. The van der Waals surface area contributed by atoms with Crippen LogP contribution in [0.5, 0.6) is 11.5 Å². The van der Waals surface area contributed by atoms with Crippen molar-refractivity contribution in [3.8, 4) is 11.5 Å². The third-order valence-corrected chi connectivity index (χ3v) is 5.02. The minimum atomic E-state index is -0.417. The predicted octanol–water partition coefficient (Wildman–Crippen LogP) is 3.33. The summed E-state index contributed by atoms with van der Waals surface area (Å²) < 4.78 is 11.8. The number of rotatable bonds is 3. The van der Waals surface area contributed by atoms with Gasteiger partial charge in [-0.05, 0) is 12.8 Å². The minimum absolute atomic E-state index is 0.0324. The highest BCUT2D eigenvalue weighted by molar-refractivity contribution is 7.22. The molecule has 8 heteroatoms. The van der Waals surface area contributed by atoms with Crippen LogP contribution in [0, 0.1) is 10.1 Å². The van der Waals surface area contributed by atoms with Gasteiger partial charge in [-0.3, -0.25) is 10.1 Å². The number of nitro groups is 1. The average molecular weight is 321 g/mol. The molecule has 22 heavy (non-hydrogen) atoms. The van der Waals surface area contributed by atoms with Gasteiger partial charge in [-0.25, -0.2) is 4.98 Å². The molecule has 2 aromatic rings. The summed E-state index contributed by atoms with van der Waals surface area (Å²) in [6.07, 6.45) is 4.68. The molecule has 0 saturated heterocycles. The van der Waals surface area contributed by atoms with Gasteiger partial charge in [0.05, 0.1) is 11.0 Å². The second-order valence-corrected chi connectivity index (χ2v) is 6.50. The normalized spacial score (nSPS) is 17.8. The topological polar surface area (TPSA) is 86.5 Å². The lowest BCUT2D eigenvalue weighted by molar-refractivity contribution is -0.383. The SMILES string of the molecule is O=[N+]([O-])c1cc2c(c3sc(NC4CCCC4)nc13)OCCO2. The molecule has 0 unspecified atom stereocenters. The first-order valence-corrected chi connectivity index (χ1v) is 8.18. The van der Waals surface area contributed by atoms with Gasteiger partial charge in [-0.15, -0.1) is 0 Å². The molecule has 1 aliphatic carbocycles. The molecule has 0 spiro atoms. The Kier molecular flexibility index (Phi) is 3.25. The quantitative estimate of drug-likeness (QED) is 0.689. The third kappa shape index (κ3) is 2.23. The zero-order valence-corrected chi connectivity index (χ0v) is 12.6. The number of non-ortho nitro benzene ring substituents is 1. The van der Waals surface area contributed by atoms with E-state index in [2.05, 4.69) is 10.3 Å².